The number of ether oxygens (including phenoxy) is 1. The zero-order valence-corrected chi connectivity index (χ0v) is 11.8. The molecule has 0 aliphatic carbocycles. The van der Waals surface area contributed by atoms with Crippen LogP contribution in [0.1, 0.15) is 25.8 Å². The van der Waals surface area contributed by atoms with Gasteiger partial charge in [-0.1, -0.05) is 30.6 Å². The van der Waals surface area contributed by atoms with Crippen LogP contribution in [-0.2, 0) is 0 Å². The van der Waals surface area contributed by atoms with Gasteiger partial charge in [0.15, 0.2) is 0 Å². The summed E-state index contributed by atoms with van der Waals surface area (Å²) in [5, 5.41) is 4.53. The highest BCUT2D eigenvalue weighted by atomic mass is 35.5. The highest BCUT2D eigenvalue weighted by molar-refractivity contribution is 6.30. The molecule has 0 radical (unpaired) electrons. The van der Waals surface area contributed by atoms with E-state index in [4.69, 9.17) is 26.6 Å². The predicted molar refractivity (Wildman–Crippen MR) is 73.1 cm³/mol. The van der Waals surface area contributed by atoms with Gasteiger partial charge in [0.2, 0.25) is 11.7 Å². The third kappa shape index (κ3) is 2.88. The number of benzene rings is 1. The molecule has 0 saturated carbocycles. The van der Waals surface area contributed by atoms with E-state index in [-0.39, 0.29) is 12.0 Å². The van der Waals surface area contributed by atoms with Gasteiger partial charge in [-0.2, -0.15) is 4.98 Å². The number of halogens is 1. The van der Waals surface area contributed by atoms with E-state index in [9.17, 15) is 0 Å². The molecule has 6 heteroatoms. The van der Waals surface area contributed by atoms with Gasteiger partial charge in [-0.25, -0.2) is 0 Å². The molecule has 1 atom stereocenters. The lowest BCUT2D eigenvalue weighted by Crippen LogP contribution is -2.16. The largest absolute Gasteiger partial charge is 0.496 e. The van der Waals surface area contributed by atoms with E-state index in [0.717, 1.165) is 5.56 Å². The minimum absolute atomic E-state index is 0.223. The van der Waals surface area contributed by atoms with Crippen LogP contribution in [0, 0.1) is 5.92 Å². The summed E-state index contributed by atoms with van der Waals surface area (Å²) in [7, 11) is 1.57. The highest BCUT2D eigenvalue weighted by Crippen LogP contribution is 2.31. The molecule has 2 aromatic rings. The third-order valence-electron chi connectivity index (χ3n) is 2.85. The van der Waals surface area contributed by atoms with E-state index < -0.39 is 0 Å². The summed E-state index contributed by atoms with van der Waals surface area (Å²) in [6.07, 6.45) is 0. The maximum absolute atomic E-state index is 5.98. The topological polar surface area (TPSA) is 74.2 Å². The van der Waals surface area contributed by atoms with Crippen LogP contribution in [0.15, 0.2) is 22.7 Å². The number of methoxy groups -OCH3 is 1. The lowest BCUT2D eigenvalue weighted by Gasteiger charge is -2.09. The first kappa shape index (κ1) is 13.8. The molecule has 19 heavy (non-hydrogen) atoms. The van der Waals surface area contributed by atoms with Crippen LogP contribution in [-0.4, -0.2) is 17.3 Å². The van der Waals surface area contributed by atoms with Crippen molar-refractivity contribution in [1.82, 2.24) is 10.1 Å². The second kappa shape index (κ2) is 5.59. The Kier molecular flexibility index (Phi) is 4.07. The smallest absolute Gasteiger partial charge is 0.244 e. The van der Waals surface area contributed by atoms with Gasteiger partial charge in [0.05, 0.1) is 18.7 Å². The van der Waals surface area contributed by atoms with E-state index in [1.165, 1.54) is 0 Å². The van der Waals surface area contributed by atoms with Gasteiger partial charge in [-0.05, 0) is 24.1 Å². The van der Waals surface area contributed by atoms with Gasteiger partial charge in [0, 0.05) is 5.02 Å². The molecule has 0 amide bonds. The number of hydrogen-bond donors (Lipinski definition) is 1. The zero-order chi connectivity index (χ0) is 14.0. The minimum Gasteiger partial charge on any atom is -0.496 e. The first-order chi connectivity index (χ1) is 9.02. The number of aromatic nitrogens is 2. The van der Waals surface area contributed by atoms with Crippen LogP contribution in [0.4, 0.5) is 0 Å². The Morgan fingerprint density at radius 2 is 2.11 bits per heavy atom. The second-order valence-electron chi connectivity index (χ2n) is 4.57. The zero-order valence-electron chi connectivity index (χ0n) is 11.1. The average molecular weight is 282 g/mol. The molecule has 0 spiro atoms. The standard InChI is InChI=1S/C13H16ClN3O2/c1-7(2)11(15)13-16-12(17-19-13)9-5-4-8(14)6-10(9)18-3/h4-7,11H,15H2,1-3H3. The summed E-state index contributed by atoms with van der Waals surface area (Å²) < 4.78 is 10.5. The summed E-state index contributed by atoms with van der Waals surface area (Å²) in [6, 6.07) is 4.96. The Balaban J connectivity index is 2.38. The summed E-state index contributed by atoms with van der Waals surface area (Å²) in [5.41, 5.74) is 6.70. The molecule has 1 heterocycles. The maximum Gasteiger partial charge on any atom is 0.244 e. The lowest BCUT2D eigenvalue weighted by atomic mass is 10.1. The summed E-state index contributed by atoms with van der Waals surface area (Å²) in [4.78, 5) is 4.31. The van der Waals surface area contributed by atoms with Gasteiger partial charge < -0.3 is 15.0 Å². The fourth-order valence-electron chi connectivity index (χ4n) is 1.61. The molecule has 5 nitrogen and oxygen atoms in total. The molecule has 0 fully saturated rings. The summed E-state index contributed by atoms with van der Waals surface area (Å²) >= 11 is 5.92. The number of rotatable bonds is 4. The monoisotopic (exact) mass is 281 g/mol. The average Bonchev–Trinajstić information content (AvgIpc) is 2.86. The molecular formula is C13H16ClN3O2. The molecule has 0 bridgehead atoms. The number of nitrogens with zero attached hydrogens (tertiary/aromatic N) is 2. The van der Waals surface area contributed by atoms with Crippen molar-refractivity contribution in [3.8, 4) is 17.1 Å². The molecule has 1 aromatic carbocycles. The summed E-state index contributed by atoms with van der Waals surface area (Å²) in [6.45, 7) is 3.99. The van der Waals surface area contributed by atoms with Crippen LogP contribution >= 0.6 is 11.6 Å². The van der Waals surface area contributed by atoms with Crippen molar-refractivity contribution in [3.05, 3.63) is 29.1 Å². The van der Waals surface area contributed by atoms with Crippen molar-refractivity contribution in [2.24, 2.45) is 11.7 Å². The van der Waals surface area contributed by atoms with Crippen LogP contribution in [0.5, 0.6) is 5.75 Å². The van der Waals surface area contributed by atoms with Gasteiger partial charge in [0.1, 0.15) is 5.75 Å². The van der Waals surface area contributed by atoms with Crippen molar-refractivity contribution in [3.63, 3.8) is 0 Å². The Bertz CT molecular complexity index is 569. The van der Waals surface area contributed by atoms with Crippen molar-refractivity contribution in [2.45, 2.75) is 19.9 Å². The Labute approximate surface area is 116 Å². The molecule has 2 rings (SSSR count). The first-order valence-corrected chi connectivity index (χ1v) is 6.33. The molecule has 0 saturated heterocycles. The maximum atomic E-state index is 5.98. The van der Waals surface area contributed by atoms with Crippen LogP contribution < -0.4 is 10.5 Å². The quantitative estimate of drug-likeness (QED) is 0.932. The highest BCUT2D eigenvalue weighted by Gasteiger charge is 2.20. The molecule has 0 aliphatic rings. The molecule has 2 N–H and O–H groups in total. The van der Waals surface area contributed by atoms with Gasteiger partial charge in [-0.15, -0.1) is 0 Å². The minimum atomic E-state index is -0.278. The molecular weight excluding hydrogens is 266 g/mol. The fourth-order valence-corrected chi connectivity index (χ4v) is 1.78. The van der Waals surface area contributed by atoms with Crippen molar-refractivity contribution >= 4 is 11.6 Å². The fraction of sp³-hybridized carbons (Fsp3) is 0.385. The van der Waals surface area contributed by atoms with Gasteiger partial charge >= 0.3 is 0 Å². The van der Waals surface area contributed by atoms with E-state index >= 15 is 0 Å². The number of hydrogen-bond acceptors (Lipinski definition) is 5. The predicted octanol–water partition coefficient (Wildman–Crippen LogP) is 3.05. The van der Waals surface area contributed by atoms with Crippen molar-refractivity contribution < 1.29 is 9.26 Å². The van der Waals surface area contributed by atoms with E-state index in [1.54, 1.807) is 25.3 Å². The molecule has 1 aromatic heterocycles. The molecule has 0 aliphatic heterocycles. The third-order valence-corrected chi connectivity index (χ3v) is 3.08. The van der Waals surface area contributed by atoms with E-state index in [1.807, 2.05) is 13.8 Å². The van der Waals surface area contributed by atoms with Gasteiger partial charge in [-0.3, -0.25) is 0 Å². The second-order valence-corrected chi connectivity index (χ2v) is 5.01. The SMILES string of the molecule is COc1cc(Cl)ccc1-c1noc(C(N)C(C)C)n1. The molecule has 102 valence electrons. The van der Waals surface area contributed by atoms with Crippen LogP contribution in [0.2, 0.25) is 5.02 Å². The first-order valence-electron chi connectivity index (χ1n) is 5.96. The van der Waals surface area contributed by atoms with E-state index in [2.05, 4.69) is 10.1 Å². The van der Waals surface area contributed by atoms with Crippen LogP contribution in [0.3, 0.4) is 0 Å². The Morgan fingerprint density at radius 3 is 2.74 bits per heavy atom. The van der Waals surface area contributed by atoms with Crippen molar-refractivity contribution in [1.29, 1.82) is 0 Å². The van der Waals surface area contributed by atoms with E-state index in [0.29, 0.717) is 22.5 Å². The van der Waals surface area contributed by atoms with Crippen LogP contribution in [0.25, 0.3) is 11.4 Å². The Hall–Kier alpha value is -1.59. The lowest BCUT2D eigenvalue weighted by molar-refractivity contribution is 0.325. The number of nitrogens with two attached hydrogens (primary N) is 1. The van der Waals surface area contributed by atoms with Crippen molar-refractivity contribution in [2.75, 3.05) is 7.11 Å². The van der Waals surface area contributed by atoms with Gasteiger partial charge in [0.25, 0.3) is 0 Å². The normalized spacial score (nSPS) is 12.7. The molecule has 1 unspecified atom stereocenters. The summed E-state index contributed by atoms with van der Waals surface area (Å²) in [5.74, 6) is 1.68. The Morgan fingerprint density at radius 1 is 1.37 bits per heavy atom.